The molecule has 0 bridgehead atoms. The van der Waals surface area contributed by atoms with Crippen LogP contribution in [0, 0.1) is 20.2 Å². The molecule has 4 aromatic carbocycles. The first-order valence-electron chi connectivity index (χ1n) is 20.4. The summed E-state index contributed by atoms with van der Waals surface area (Å²) in [5.41, 5.74) is 51.4. The lowest BCUT2D eigenvalue weighted by atomic mass is 10.0. The maximum absolute atomic E-state index is 14.3. The molecular formula is C39H48N22O12. The molecule has 6 atom stereocenters. The van der Waals surface area contributed by atoms with E-state index in [9.17, 15) is 59.2 Å². The molecule has 0 aliphatic carbocycles. The van der Waals surface area contributed by atoms with Gasteiger partial charge >= 0.3 is 0 Å². The van der Waals surface area contributed by atoms with Gasteiger partial charge in [0.15, 0.2) is 23.8 Å². The third-order valence-corrected chi connectivity index (χ3v) is 9.63. The number of nitrogen functional groups attached to an aromatic ring is 1. The van der Waals surface area contributed by atoms with E-state index in [2.05, 4.69) is 30.6 Å². The van der Waals surface area contributed by atoms with Crippen molar-refractivity contribution in [2.75, 3.05) is 10.6 Å². The van der Waals surface area contributed by atoms with Gasteiger partial charge in [0.2, 0.25) is 36.8 Å². The number of aliphatic hydroxyl groups is 1. The van der Waals surface area contributed by atoms with Crippen molar-refractivity contribution in [3.63, 3.8) is 0 Å². The van der Waals surface area contributed by atoms with Crippen LogP contribution < -0.4 is 88.8 Å². The van der Waals surface area contributed by atoms with Crippen LogP contribution in [0.2, 0.25) is 0 Å². The average molecular weight is 1020 g/mol. The average Bonchev–Trinajstić information content (AvgIpc) is 3.31. The van der Waals surface area contributed by atoms with E-state index >= 15 is 0 Å². The first kappa shape index (κ1) is 54.8. The van der Waals surface area contributed by atoms with E-state index in [0.717, 1.165) is 6.07 Å². The molecule has 0 fully saturated rings. The van der Waals surface area contributed by atoms with Gasteiger partial charge in [0.1, 0.15) is 23.2 Å². The number of benzene rings is 4. The van der Waals surface area contributed by atoms with E-state index in [0.29, 0.717) is 21.7 Å². The number of nitro groups is 2. The number of phenols is 1. The topological polar surface area (TPSA) is 602 Å². The number of amides is 6. The van der Waals surface area contributed by atoms with E-state index in [1.165, 1.54) is 42.5 Å². The molecule has 6 unspecified atom stereocenters. The highest BCUT2D eigenvalue weighted by molar-refractivity contribution is 5.99. The second kappa shape index (κ2) is 24.0. The maximum Gasteiger partial charge on any atom is 0.299 e. The minimum Gasteiger partial charge on any atom is -0.508 e. The van der Waals surface area contributed by atoms with Gasteiger partial charge in [-0.3, -0.25) is 49.0 Å². The summed E-state index contributed by atoms with van der Waals surface area (Å²) >= 11 is 0. The number of nitrogens with two attached hydrogens (primary N) is 10. The van der Waals surface area contributed by atoms with Crippen LogP contribution in [0.15, 0.2) is 98.8 Å². The van der Waals surface area contributed by atoms with Gasteiger partial charge in [0.05, 0.1) is 22.5 Å². The Kier molecular flexibility index (Phi) is 18.0. The summed E-state index contributed by atoms with van der Waals surface area (Å²) in [5.74, 6) is -12.0. The Morgan fingerprint density at radius 3 is 1.51 bits per heavy atom. The number of carbonyl (C=O) groups excluding carboxylic acids is 6. The molecule has 27 N–H and O–H groups in total. The fourth-order valence-electron chi connectivity index (χ4n) is 6.48. The second-order valence-electron chi connectivity index (χ2n) is 14.8. The van der Waals surface area contributed by atoms with Crippen molar-refractivity contribution in [3.05, 3.63) is 110 Å². The van der Waals surface area contributed by atoms with Crippen LogP contribution in [-0.4, -0.2) is 110 Å². The van der Waals surface area contributed by atoms with Gasteiger partial charge in [-0.1, -0.05) is 60.7 Å². The van der Waals surface area contributed by atoms with Crippen LogP contribution in [0.3, 0.4) is 0 Å². The number of hydrogen-bond acceptors (Lipinski definition) is 18. The van der Waals surface area contributed by atoms with Gasteiger partial charge in [-0.2, -0.15) is 0 Å². The van der Waals surface area contributed by atoms with Crippen molar-refractivity contribution in [2.45, 2.75) is 43.5 Å². The number of aliphatic imine (C=N–C) groups is 4. The molecule has 0 aromatic heterocycles. The molecule has 0 saturated heterocycles. The number of guanidine groups is 4. The SMILES string of the molecule is NC(=O)C(N=C(N)N)NC(=O)C(N=C(N)N)NC(=O)C(N=C(N)N)NC(=O)C(N=C(N)N)NC(=O)C(NC(=O)C(O)N(Cc1c(O)ccc2ccccc12)c1cc(N)c([N+](=O)[O-])cc1[N+](=O)[O-])c1ccccc1. The molecule has 386 valence electrons. The van der Waals surface area contributed by atoms with Gasteiger partial charge in [-0.15, -0.1) is 0 Å². The molecule has 4 rings (SSSR count). The van der Waals surface area contributed by atoms with Crippen LogP contribution in [0.5, 0.6) is 5.75 Å². The number of rotatable bonds is 22. The highest BCUT2D eigenvalue weighted by Crippen LogP contribution is 2.39. The van der Waals surface area contributed by atoms with Crippen molar-refractivity contribution in [1.82, 2.24) is 26.6 Å². The fourth-order valence-corrected chi connectivity index (χ4v) is 6.48. The van der Waals surface area contributed by atoms with Crippen LogP contribution in [-0.2, 0) is 35.3 Å². The van der Waals surface area contributed by atoms with Crippen molar-refractivity contribution in [1.29, 1.82) is 0 Å². The number of nitro benzene ring substituents is 2. The molecule has 0 saturated carbocycles. The minimum absolute atomic E-state index is 0.00178. The van der Waals surface area contributed by atoms with Crippen LogP contribution in [0.1, 0.15) is 17.2 Å². The Bertz CT molecular complexity index is 2920. The number of primary amides is 1. The Labute approximate surface area is 409 Å². The van der Waals surface area contributed by atoms with Crippen LogP contribution in [0.25, 0.3) is 10.8 Å². The number of aliphatic hydroxyl groups excluding tert-OH is 1. The summed E-state index contributed by atoms with van der Waals surface area (Å²) in [6.45, 7) is -0.720. The Hall–Kier alpha value is -10.8. The van der Waals surface area contributed by atoms with E-state index in [1.807, 2.05) is 16.0 Å². The summed E-state index contributed by atoms with van der Waals surface area (Å²) in [4.78, 5) is 118. The molecule has 0 aliphatic rings. The molecule has 73 heavy (non-hydrogen) atoms. The highest BCUT2D eigenvalue weighted by Gasteiger charge is 2.37. The number of aromatic hydroxyl groups is 1. The molecular weight excluding hydrogens is 969 g/mol. The first-order valence-corrected chi connectivity index (χ1v) is 20.4. The van der Waals surface area contributed by atoms with Crippen LogP contribution in [0.4, 0.5) is 22.7 Å². The normalized spacial score (nSPS) is 13.1. The lowest BCUT2D eigenvalue weighted by Crippen LogP contribution is -2.58. The monoisotopic (exact) mass is 1020 g/mol. The number of carbonyl (C=O) groups is 6. The summed E-state index contributed by atoms with van der Waals surface area (Å²) in [7, 11) is 0. The molecule has 6 amide bonds. The summed E-state index contributed by atoms with van der Waals surface area (Å²) in [6, 6.07) is 15.6. The summed E-state index contributed by atoms with van der Waals surface area (Å²) < 4.78 is 0. The number of nitrogens with zero attached hydrogens (tertiary/aromatic N) is 7. The number of fused-ring (bicyclic) bond motifs is 1. The first-order chi connectivity index (χ1) is 34.3. The van der Waals surface area contributed by atoms with E-state index in [-0.39, 0.29) is 11.1 Å². The molecule has 34 heteroatoms. The van der Waals surface area contributed by atoms with Crippen molar-refractivity contribution < 1.29 is 48.8 Å². The van der Waals surface area contributed by atoms with Crippen LogP contribution >= 0.6 is 0 Å². The molecule has 34 nitrogen and oxygen atoms in total. The molecule has 0 spiro atoms. The highest BCUT2D eigenvalue weighted by atomic mass is 16.6. The maximum atomic E-state index is 14.3. The third kappa shape index (κ3) is 14.6. The standard InChI is InChI=1S/C39H48N22O12/c40-19-12-21(22(61(72)73)13-20(19)60(70)71)59(14-18-17-9-5-4-6-15(17)10-11-23(18)62)35(69)34(68)50-24(16-7-2-1-3-8-16)30(64)52-27(56-37(44)45)32(66)54-29(58-39(48)49)33(67)53-28(57-38(46)47)31(65)51-26(25(41)63)55-36(42)43/h1-13,24,26-29,35,62,69H,14,40H2,(H2,41,63)(H,50,68)(H,51,65)(H,52,64)(H,53,67)(H,54,66)(H4,42,43,55)(H4,44,45,56)(H4,46,47,57)(H4,48,49,58). The summed E-state index contributed by atoms with van der Waals surface area (Å²) in [5, 5.41) is 58.4. The van der Waals surface area contributed by atoms with Gasteiger partial charge in [0, 0.05) is 5.56 Å². The quantitative estimate of drug-likeness (QED) is 0.00869. The Balaban J connectivity index is 1.73. The van der Waals surface area contributed by atoms with Crippen molar-refractivity contribution in [3.8, 4) is 5.75 Å². The van der Waals surface area contributed by atoms with E-state index in [4.69, 9.17) is 57.3 Å². The van der Waals surface area contributed by atoms with Gasteiger partial charge < -0.3 is 99.0 Å². The lowest BCUT2D eigenvalue weighted by Gasteiger charge is -2.31. The third-order valence-electron chi connectivity index (χ3n) is 9.63. The summed E-state index contributed by atoms with van der Waals surface area (Å²) in [6.07, 6.45) is -11.1. The molecule has 0 heterocycles. The van der Waals surface area contributed by atoms with Gasteiger partial charge in [-0.25, -0.2) is 20.0 Å². The van der Waals surface area contributed by atoms with Gasteiger partial charge in [-0.05, 0) is 28.5 Å². The molecule has 0 radical (unpaired) electrons. The number of nitrogens with one attached hydrogen (secondary N) is 5. The predicted octanol–water partition coefficient (Wildman–Crippen LogP) is -6.53. The second-order valence-corrected chi connectivity index (χ2v) is 14.8. The number of phenolic OH excluding ortho intramolecular Hbond substituents is 1. The lowest BCUT2D eigenvalue weighted by molar-refractivity contribution is -0.393. The zero-order chi connectivity index (χ0) is 54.4. The Morgan fingerprint density at radius 1 is 0.575 bits per heavy atom. The molecule has 0 aliphatic heterocycles. The van der Waals surface area contributed by atoms with E-state index < -0.39 is 141 Å². The molecule has 4 aromatic rings. The minimum atomic E-state index is -2.56. The van der Waals surface area contributed by atoms with Crippen molar-refractivity contribution in [2.24, 2.45) is 71.6 Å². The van der Waals surface area contributed by atoms with E-state index in [1.54, 1.807) is 24.3 Å². The van der Waals surface area contributed by atoms with Gasteiger partial charge in [0.25, 0.3) is 40.9 Å². The number of anilines is 2. The number of hydrogen-bond donors (Lipinski definition) is 17. The predicted molar refractivity (Wildman–Crippen MR) is 259 cm³/mol. The zero-order valence-electron chi connectivity index (χ0n) is 37.6. The Morgan fingerprint density at radius 2 is 1.03 bits per heavy atom. The van der Waals surface area contributed by atoms with Crippen molar-refractivity contribution >= 4 is 92.8 Å². The fraction of sp³-hybridized carbons (Fsp3) is 0.179. The smallest absolute Gasteiger partial charge is 0.299 e. The zero-order valence-corrected chi connectivity index (χ0v) is 37.6. The largest absolute Gasteiger partial charge is 0.508 e.